The van der Waals surface area contributed by atoms with Crippen LogP contribution in [0.15, 0.2) is 47.3 Å². The lowest BCUT2D eigenvalue weighted by Gasteiger charge is -2.29. The van der Waals surface area contributed by atoms with Crippen LogP contribution in [0.1, 0.15) is 75.4 Å². The molecule has 1 aromatic heterocycles. The summed E-state index contributed by atoms with van der Waals surface area (Å²) in [5, 5.41) is 0.581. The van der Waals surface area contributed by atoms with E-state index in [4.69, 9.17) is 4.98 Å². The lowest BCUT2D eigenvalue weighted by molar-refractivity contribution is -0.132. The Balaban J connectivity index is 2.11. The number of nitrogens with zero attached hydrogens (tertiary/aromatic N) is 3. The third-order valence-corrected chi connectivity index (χ3v) is 6.34. The Kier molecular flexibility index (Phi) is 7.84. The van der Waals surface area contributed by atoms with Crippen molar-refractivity contribution in [3.05, 3.63) is 69.8 Å². The molecule has 0 bridgehead atoms. The highest BCUT2D eigenvalue weighted by atomic mass is 16.2. The molecule has 5 heteroatoms. The van der Waals surface area contributed by atoms with Crippen molar-refractivity contribution >= 4 is 16.8 Å². The quantitative estimate of drug-likeness (QED) is 0.396. The molecule has 0 fully saturated rings. The van der Waals surface area contributed by atoms with Crippen molar-refractivity contribution in [3.63, 3.8) is 0 Å². The first-order valence-electron chi connectivity index (χ1n) is 11.7. The number of hydrogen-bond acceptors (Lipinski definition) is 3. The molecular weight excluding hydrogens is 398 g/mol. The van der Waals surface area contributed by atoms with Crippen molar-refractivity contribution in [3.8, 4) is 5.69 Å². The number of aryl methyl sites for hydroxylation is 2. The van der Waals surface area contributed by atoms with Gasteiger partial charge in [0.1, 0.15) is 5.82 Å². The van der Waals surface area contributed by atoms with Gasteiger partial charge in [0.25, 0.3) is 5.56 Å². The lowest BCUT2D eigenvalue weighted by Crippen LogP contribution is -2.36. The highest BCUT2D eigenvalue weighted by Crippen LogP contribution is 2.26. The Bertz CT molecular complexity index is 1150. The summed E-state index contributed by atoms with van der Waals surface area (Å²) in [6, 6.07) is 13.2. The van der Waals surface area contributed by atoms with E-state index in [1.807, 2.05) is 63.4 Å². The van der Waals surface area contributed by atoms with E-state index in [0.717, 1.165) is 36.9 Å². The van der Waals surface area contributed by atoms with Crippen LogP contribution >= 0.6 is 0 Å². The number of unbranched alkanes of at least 4 members (excludes halogenated alkanes) is 3. The molecule has 0 aliphatic rings. The van der Waals surface area contributed by atoms with Gasteiger partial charge in [-0.3, -0.25) is 14.2 Å². The molecule has 0 saturated carbocycles. The van der Waals surface area contributed by atoms with Gasteiger partial charge in [0, 0.05) is 13.5 Å². The van der Waals surface area contributed by atoms with Crippen molar-refractivity contribution in [2.75, 3.05) is 7.05 Å². The van der Waals surface area contributed by atoms with Crippen molar-refractivity contribution in [2.45, 2.75) is 72.3 Å². The lowest BCUT2D eigenvalue weighted by atomic mass is 10.1. The fourth-order valence-electron chi connectivity index (χ4n) is 4.17. The molecule has 1 atom stereocenters. The van der Waals surface area contributed by atoms with Crippen LogP contribution in [-0.2, 0) is 4.79 Å². The van der Waals surface area contributed by atoms with Crippen molar-refractivity contribution in [2.24, 2.45) is 0 Å². The van der Waals surface area contributed by atoms with Gasteiger partial charge in [0.05, 0.1) is 22.6 Å². The fraction of sp³-hybridized carbons (Fsp3) is 0.444. The molecule has 1 heterocycles. The van der Waals surface area contributed by atoms with Gasteiger partial charge in [-0.05, 0) is 62.1 Å². The van der Waals surface area contributed by atoms with Crippen molar-refractivity contribution in [1.29, 1.82) is 0 Å². The average molecular weight is 434 g/mol. The van der Waals surface area contributed by atoms with Gasteiger partial charge in [0.15, 0.2) is 0 Å². The standard InChI is InChI=1S/C27H35N3O2/c1-6-8-9-10-15-25(31)29(5)24(7-2)26-28-23-14-12-11-13-22(23)27(32)30(26)21-17-16-19(3)20(4)18-21/h11-14,16-18,24H,6-10,15H2,1-5H3. The van der Waals surface area contributed by atoms with Crippen LogP contribution in [-0.4, -0.2) is 27.4 Å². The Morgan fingerprint density at radius 3 is 2.47 bits per heavy atom. The maximum absolute atomic E-state index is 13.6. The average Bonchev–Trinajstić information content (AvgIpc) is 2.79. The first-order chi connectivity index (χ1) is 15.4. The van der Waals surface area contributed by atoms with Gasteiger partial charge >= 0.3 is 0 Å². The van der Waals surface area contributed by atoms with E-state index in [-0.39, 0.29) is 17.5 Å². The molecular formula is C27H35N3O2. The summed E-state index contributed by atoms with van der Waals surface area (Å²) in [4.78, 5) is 33.3. The molecule has 1 unspecified atom stereocenters. The number of benzene rings is 2. The Morgan fingerprint density at radius 2 is 1.78 bits per heavy atom. The van der Waals surface area contributed by atoms with E-state index in [1.165, 1.54) is 5.56 Å². The van der Waals surface area contributed by atoms with Crippen LogP contribution < -0.4 is 5.56 Å². The number of aromatic nitrogens is 2. The maximum Gasteiger partial charge on any atom is 0.266 e. The second kappa shape index (κ2) is 10.6. The highest BCUT2D eigenvalue weighted by molar-refractivity contribution is 5.79. The number of rotatable bonds is 9. The van der Waals surface area contributed by atoms with Crippen LogP contribution in [0.2, 0.25) is 0 Å². The van der Waals surface area contributed by atoms with Crippen LogP contribution in [0.25, 0.3) is 16.6 Å². The molecule has 0 aliphatic carbocycles. The SMILES string of the molecule is CCCCCCC(=O)N(C)C(CC)c1nc2ccccc2c(=O)n1-c1ccc(C)c(C)c1. The van der Waals surface area contributed by atoms with Crippen LogP contribution in [0.4, 0.5) is 0 Å². The van der Waals surface area contributed by atoms with E-state index >= 15 is 0 Å². The molecule has 3 aromatic rings. The number of hydrogen-bond donors (Lipinski definition) is 0. The molecule has 0 aliphatic heterocycles. The second-order valence-electron chi connectivity index (χ2n) is 8.64. The largest absolute Gasteiger partial charge is 0.336 e. The Hall–Kier alpha value is -2.95. The summed E-state index contributed by atoms with van der Waals surface area (Å²) < 4.78 is 1.70. The van der Waals surface area contributed by atoms with E-state index in [1.54, 1.807) is 9.47 Å². The molecule has 5 nitrogen and oxygen atoms in total. The summed E-state index contributed by atoms with van der Waals surface area (Å²) in [6.07, 6.45) is 5.44. The molecule has 2 aromatic carbocycles. The molecule has 1 amide bonds. The zero-order chi connectivity index (χ0) is 23.3. The number of fused-ring (bicyclic) bond motifs is 1. The van der Waals surface area contributed by atoms with Crippen molar-refractivity contribution in [1.82, 2.24) is 14.5 Å². The van der Waals surface area contributed by atoms with Gasteiger partial charge in [-0.2, -0.15) is 0 Å². The number of para-hydroxylation sites is 1. The zero-order valence-corrected chi connectivity index (χ0v) is 20.0. The third-order valence-electron chi connectivity index (χ3n) is 6.34. The molecule has 170 valence electrons. The van der Waals surface area contributed by atoms with Crippen LogP contribution in [0.5, 0.6) is 0 Å². The smallest absolute Gasteiger partial charge is 0.266 e. The molecule has 0 N–H and O–H groups in total. The first kappa shape index (κ1) is 23.7. The molecule has 3 rings (SSSR count). The maximum atomic E-state index is 13.6. The van der Waals surface area contributed by atoms with Gasteiger partial charge in [-0.15, -0.1) is 0 Å². The Morgan fingerprint density at radius 1 is 1.03 bits per heavy atom. The number of carbonyl (C=O) groups excluding carboxylic acids is 1. The van der Waals surface area contributed by atoms with E-state index in [2.05, 4.69) is 13.8 Å². The molecule has 0 radical (unpaired) electrons. The van der Waals surface area contributed by atoms with Gasteiger partial charge < -0.3 is 4.90 Å². The fourth-order valence-corrected chi connectivity index (χ4v) is 4.17. The van der Waals surface area contributed by atoms with Crippen LogP contribution in [0, 0.1) is 13.8 Å². The first-order valence-corrected chi connectivity index (χ1v) is 11.7. The van der Waals surface area contributed by atoms with Gasteiger partial charge in [-0.25, -0.2) is 4.98 Å². The molecule has 32 heavy (non-hydrogen) atoms. The molecule has 0 spiro atoms. The normalized spacial score (nSPS) is 12.2. The minimum atomic E-state index is -0.285. The predicted molar refractivity (Wildman–Crippen MR) is 131 cm³/mol. The summed E-state index contributed by atoms with van der Waals surface area (Å²) in [6.45, 7) is 8.30. The topological polar surface area (TPSA) is 55.2 Å². The summed E-state index contributed by atoms with van der Waals surface area (Å²) in [7, 11) is 1.84. The zero-order valence-electron chi connectivity index (χ0n) is 20.0. The second-order valence-corrected chi connectivity index (χ2v) is 8.64. The summed E-state index contributed by atoms with van der Waals surface area (Å²) in [5.41, 5.74) is 3.63. The minimum absolute atomic E-state index is 0.0991. The van der Waals surface area contributed by atoms with E-state index in [9.17, 15) is 9.59 Å². The van der Waals surface area contributed by atoms with Crippen LogP contribution in [0.3, 0.4) is 0 Å². The minimum Gasteiger partial charge on any atom is -0.336 e. The highest BCUT2D eigenvalue weighted by Gasteiger charge is 2.26. The monoisotopic (exact) mass is 433 g/mol. The summed E-state index contributed by atoms with van der Waals surface area (Å²) >= 11 is 0. The number of carbonyl (C=O) groups is 1. The van der Waals surface area contributed by atoms with E-state index < -0.39 is 0 Å². The summed E-state index contributed by atoms with van der Waals surface area (Å²) in [5.74, 6) is 0.714. The van der Waals surface area contributed by atoms with Gasteiger partial charge in [-0.1, -0.05) is 51.3 Å². The predicted octanol–water partition coefficient (Wildman–Crippen LogP) is 5.88. The number of amides is 1. The van der Waals surface area contributed by atoms with Crippen molar-refractivity contribution < 1.29 is 4.79 Å². The van der Waals surface area contributed by atoms with Gasteiger partial charge in [0.2, 0.25) is 5.91 Å². The van der Waals surface area contributed by atoms with E-state index in [0.29, 0.717) is 29.6 Å². The third kappa shape index (κ3) is 4.93. The molecule has 0 saturated heterocycles. The Labute approximate surface area is 191 Å².